The van der Waals surface area contributed by atoms with Gasteiger partial charge in [-0.25, -0.2) is 14.5 Å². The van der Waals surface area contributed by atoms with Crippen LogP contribution in [0, 0.1) is 20.8 Å². The molecule has 0 aliphatic heterocycles. The van der Waals surface area contributed by atoms with Crippen LogP contribution in [0.5, 0.6) is 0 Å². The van der Waals surface area contributed by atoms with E-state index in [4.69, 9.17) is 16.6 Å². The molecule has 0 amide bonds. The summed E-state index contributed by atoms with van der Waals surface area (Å²) >= 11 is 8.02. The van der Waals surface area contributed by atoms with Gasteiger partial charge < -0.3 is 0 Å². The van der Waals surface area contributed by atoms with Gasteiger partial charge in [-0.05, 0) is 26.3 Å². The maximum absolute atomic E-state index is 6.34. The molecule has 0 bridgehead atoms. The fraction of sp³-hybridized carbons (Fsp3) is 0.286. The summed E-state index contributed by atoms with van der Waals surface area (Å²) in [7, 11) is 1.84. The maximum Gasteiger partial charge on any atom is 0.202 e. The number of halogens is 1. The summed E-state index contributed by atoms with van der Waals surface area (Å²) in [6.07, 6.45) is 1.70. The molecule has 0 aliphatic rings. The molecule has 4 rings (SSSR count). The third-order valence-electron chi connectivity index (χ3n) is 3.87. The van der Waals surface area contributed by atoms with Crippen molar-refractivity contribution in [1.29, 1.82) is 0 Å². The summed E-state index contributed by atoms with van der Waals surface area (Å²) < 4.78 is 3.41. The normalized spacial score (nSPS) is 11.9. The van der Waals surface area contributed by atoms with Crippen LogP contribution in [-0.2, 0) is 7.05 Å². The molecular weight excluding hydrogens is 320 g/mol. The second-order valence-corrected chi connectivity index (χ2v) is 6.86. The highest BCUT2D eigenvalue weighted by atomic mass is 35.5. The first kappa shape index (κ1) is 13.7. The quantitative estimate of drug-likeness (QED) is 0.536. The first-order valence-corrected chi connectivity index (χ1v) is 7.97. The summed E-state index contributed by atoms with van der Waals surface area (Å²) in [5, 5.41) is 10.5. The molecule has 4 aromatic rings. The predicted octanol–water partition coefficient (Wildman–Crippen LogP) is 3.32. The molecule has 112 valence electrons. The Morgan fingerprint density at radius 3 is 2.64 bits per heavy atom. The van der Waals surface area contributed by atoms with Crippen LogP contribution in [0.25, 0.3) is 27.4 Å². The van der Waals surface area contributed by atoms with Gasteiger partial charge in [-0.1, -0.05) is 11.6 Å². The zero-order valence-corrected chi connectivity index (χ0v) is 14.1. The largest absolute Gasteiger partial charge is 0.263 e. The number of aromatic nitrogens is 6. The van der Waals surface area contributed by atoms with Gasteiger partial charge in [0.2, 0.25) is 5.82 Å². The van der Waals surface area contributed by atoms with Crippen molar-refractivity contribution in [3.05, 3.63) is 27.5 Å². The van der Waals surface area contributed by atoms with E-state index in [2.05, 4.69) is 29.0 Å². The molecular formula is C14H13ClN6S. The third-order valence-corrected chi connectivity index (χ3v) is 5.43. The zero-order chi connectivity index (χ0) is 15.6. The van der Waals surface area contributed by atoms with E-state index >= 15 is 0 Å². The lowest BCUT2D eigenvalue weighted by atomic mass is 10.2. The van der Waals surface area contributed by atoms with Gasteiger partial charge >= 0.3 is 0 Å². The SMILES string of the molecule is Cc1nn(C)c(-c2nc3c4c(C)c(C)sc4ncn3n2)c1Cl. The summed E-state index contributed by atoms with van der Waals surface area (Å²) in [6, 6.07) is 0. The van der Waals surface area contributed by atoms with Crippen LogP contribution < -0.4 is 0 Å². The first-order valence-electron chi connectivity index (χ1n) is 6.78. The van der Waals surface area contributed by atoms with Crippen molar-refractivity contribution in [2.75, 3.05) is 0 Å². The summed E-state index contributed by atoms with van der Waals surface area (Å²) in [5.74, 6) is 0.561. The topological polar surface area (TPSA) is 60.9 Å². The van der Waals surface area contributed by atoms with Crippen LogP contribution in [-0.4, -0.2) is 29.4 Å². The lowest BCUT2D eigenvalue weighted by Gasteiger charge is -1.95. The number of thiophene rings is 1. The van der Waals surface area contributed by atoms with E-state index < -0.39 is 0 Å². The van der Waals surface area contributed by atoms with E-state index in [0.29, 0.717) is 10.8 Å². The second-order valence-electron chi connectivity index (χ2n) is 5.28. The van der Waals surface area contributed by atoms with Crippen molar-refractivity contribution in [1.82, 2.24) is 29.4 Å². The summed E-state index contributed by atoms with van der Waals surface area (Å²) in [5.41, 5.74) is 3.49. The van der Waals surface area contributed by atoms with Gasteiger partial charge in [-0.3, -0.25) is 4.68 Å². The molecule has 0 saturated carbocycles. The highest BCUT2D eigenvalue weighted by Crippen LogP contribution is 2.33. The van der Waals surface area contributed by atoms with Crippen LogP contribution in [0.3, 0.4) is 0 Å². The van der Waals surface area contributed by atoms with Gasteiger partial charge in [0.1, 0.15) is 16.9 Å². The molecule has 0 unspecified atom stereocenters. The third kappa shape index (κ3) is 1.72. The maximum atomic E-state index is 6.34. The Balaban J connectivity index is 2.07. The van der Waals surface area contributed by atoms with Crippen LogP contribution in [0.1, 0.15) is 16.1 Å². The monoisotopic (exact) mass is 332 g/mol. The van der Waals surface area contributed by atoms with E-state index in [9.17, 15) is 0 Å². The summed E-state index contributed by atoms with van der Waals surface area (Å²) in [6.45, 7) is 6.05. The minimum absolute atomic E-state index is 0.561. The van der Waals surface area contributed by atoms with Crippen molar-refractivity contribution in [2.24, 2.45) is 7.05 Å². The molecule has 22 heavy (non-hydrogen) atoms. The Bertz CT molecular complexity index is 1040. The molecule has 0 radical (unpaired) electrons. The zero-order valence-electron chi connectivity index (χ0n) is 12.5. The van der Waals surface area contributed by atoms with E-state index in [0.717, 1.165) is 27.3 Å². The smallest absolute Gasteiger partial charge is 0.202 e. The lowest BCUT2D eigenvalue weighted by molar-refractivity contribution is 0.758. The van der Waals surface area contributed by atoms with Gasteiger partial charge in [0, 0.05) is 11.9 Å². The Hall–Kier alpha value is -1.99. The van der Waals surface area contributed by atoms with Gasteiger partial charge in [-0.15, -0.1) is 16.4 Å². The highest BCUT2D eigenvalue weighted by Gasteiger charge is 2.20. The molecule has 4 heterocycles. The molecule has 0 N–H and O–H groups in total. The van der Waals surface area contributed by atoms with Gasteiger partial charge in [0.15, 0.2) is 5.65 Å². The molecule has 0 atom stereocenters. The molecule has 8 heteroatoms. The van der Waals surface area contributed by atoms with Crippen molar-refractivity contribution < 1.29 is 0 Å². The van der Waals surface area contributed by atoms with Crippen molar-refractivity contribution in [3.63, 3.8) is 0 Å². The Morgan fingerprint density at radius 1 is 1.18 bits per heavy atom. The van der Waals surface area contributed by atoms with E-state index in [1.807, 2.05) is 14.0 Å². The number of hydrogen-bond acceptors (Lipinski definition) is 5. The average molecular weight is 333 g/mol. The number of fused-ring (bicyclic) bond motifs is 3. The fourth-order valence-electron chi connectivity index (χ4n) is 2.62. The van der Waals surface area contributed by atoms with Crippen LogP contribution in [0.2, 0.25) is 5.02 Å². The Labute approximate surface area is 135 Å². The molecule has 0 saturated heterocycles. The first-order chi connectivity index (χ1) is 10.5. The van der Waals surface area contributed by atoms with Crippen LogP contribution >= 0.6 is 22.9 Å². The number of aryl methyl sites for hydroxylation is 4. The van der Waals surface area contributed by atoms with Crippen molar-refractivity contribution in [3.8, 4) is 11.5 Å². The fourth-order valence-corrected chi connectivity index (χ4v) is 3.86. The average Bonchev–Trinajstić information content (AvgIpc) is 3.07. The van der Waals surface area contributed by atoms with E-state index in [1.54, 1.807) is 26.9 Å². The molecule has 0 spiro atoms. The number of hydrogen-bond donors (Lipinski definition) is 0. The van der Waals surface area contributed by atoms with Gasteiger partial charge in [0.05, 0.1) is 16.1 Å². The highest BCUT2D eigenvalue weighted by molar-refractivity contribution is 7.18. The van der Waals surface area contributed by atoms with Gasteiger partial charge in [-0.2, -0.15) is 5.10 Å². The standard InChI is InChI=1S/C14H13ClN6S/c1-6-8(3)22-14-9(6)13-17-12(19-21(13)5-16-14)11-10(15)7(2)18-20(11)4/h5H,1-4H3. The Kier molecular flexibility index (Phi) is 2.79. The predicted molar refractivity (Wildman–Crippen MR) is 87.6 cm³/mol. The Morgan fingerprint density at radius 2 is 1.95 bits per heavy atom. The summed E-state index contributed by atoms with van der Waals surface area (Å²) in [4.78, 5) is 11.4. The van der Waals surface area contributed by atoms with Crippen molar-refractivity contribution in [2.45, 2.75) is 20.8 Å². The molecule has 4 aromatic heterocycles. The van der Waals surface area contributed by atoms with Gasteiger partial charge in [0.25, 0.3) is 0 Å². The van der Waals surface area contributed by atoms with Crippen molar-refractivity contribution >= 4 is 38.8 Å². The number of rotatable bonds is 1. The minimum Gasteiger partial charge on any atom is -0.263 e. The molecule has 0 aliphatic carbocycles. The number of nitrogens with zero attached hydrogens (tertiary/aromatic N) is 6. The minimum atomic E-state index is 0.561. The van der Waals surface area contributed by atoms with Crippen LogP contribution in [0.4, 0.5) is 0 Å². The lowest BCUT2D eigenvalue weighted by Crippen LogP contribution is -1.95. The van der Waals surface area contributed by atoms with Crippen LogP contribution in [0.15, 0.2) is 6.33 Å². The molecule has 6 nitrogen and oxygen atoms in total. The second kappa shape index (κ2) is 4.50. The van der Waals surface area contributed by atoms with E-state index in [-0.39, 0.29) is 0 Å². The molecule has 0 aromatic carbocycles. The molecule has 0 fully saturated rings. The van der Waals surface area contributed by atoms with E-state index in [1.165, 1.54) is 10.4 Å².